The number of thiazole rings is 1. The Labute approximate surface area is 109 Å². The molecule has 0 aliphatic heterocycles. The molecular weight excluding hydrogens is 245 g/mol. The summed E-state index contributed by atoms with van der Waals surface area (Å²) in [5.41, 5.74) is 3.67. The third-order valence-corrected chi connectivity index (χ3v) is 4.02. The van der Waals surface area contributed by atoms with Gasteiger partial charge in [0.15, 0.2) is 0 Å². The predicted octanol–water partition coefficient (Wildman–Crippen LogP) is 4.72. The number of hydrogen-bond donors (Lipinski definition) is 0. The van der Waals surface area contributed by atoms with Crippen LogP contribution in [0, 0.1) is 19.7 Å². The van der Waals surface area contributed by atoms with Gasteiger partial charge in [0.2, 0.25) is 0 Å². The number of benzene rings is 2. The molecule has 0 amide bonds. The van der Waals surface area contributed by atoms with Gasteiger partial charge in [0.1, 0.15) is 10.8 Å². The Morgan fingerprint density at radius 1 is 1.11 bits per heavy atom. The fourth-order valence-electron chi connectivity index (χ4n) is 2.04. The summed E-state index contributed by atoms with van der Waals surface area (Å²) in [6.45, 7) is 3.96. The van der Waals surface area contributed by atoms with E-state index in [2.05, 4.69) is 11.1 Å². The number of fused-ring (bicyclic) bond motifs is 1. The lowest BCUT2D eigenvalue weighted by Gasteiger charge is -2.02. The minimum atomic E-state index is -0.203. The smallest absolute Gasteiger partial charge is 0.133 e. The number of aromatic nitrogens is 1. The molecule has 2 aromatic carbocycles. The molecule has 0 unspecified atom stereocenters. The van der Waals surface area contributed by atoms with Crippen LogP contribution in [0.4, 0.5) is 4.39 Å². The van der Waals surface area contributed by atoms with Crippen molar-refractivity contribution in [3.05, 3.63) is 53.3 Å². The van der Waals surface area contributed by atoms with E-state index < -0.39 is 0 Å². The Morgan fingerprint density at radius 2 is 1.94 bits per heavy atom. The lowest BCUT2D eigenvalue weighted by molar-refractivity contribution is 0.630. The Morgan fingerprint density at radius 3 is 2.72 bits per heavy atom. The maximum absolute atomic E-state index is 13.9. The quantitative estimate of drug-likeness (QED) is 0.614. The van der Waals surface area contributed by atoms with Crippen molar-refractivity contribution in [3.63, 3.8) is 0 Å². The van der Waals surface area contributed by atoms with Crippen LogP contribution in [-0.2, 0) is 0 Å². The van der Waals surface area contributed by atoms with Gasteiger partial charge in [-0.25, -0.2) is 9.37 Å². The van der Waals surface area contributed by atoms with Crippen LogP contribution in [0.25, 0.3) is 20.8 Å². The van der Waals surface area contributed by atoms with Crippen molar-refractivity contribution in [1.29, 1.82) is 0 Å². The van der Waals surface area contributed by atoms with Crippen LogP contribution in [0.5, 0.6) is 0 Å². The van der Waals surface area contributed by atoms with E-state index in [1.54, 1.807) is 17.4 Å². The zero-order chi connectivity index (χ0) is 12.7. The lowest BCUT2D eigenvalue weighted by atomic mass is 10.1. The highest BCUT2D eigenvalue weighted by Gasteiger charge is 2.12. The zero-order valence-corrected chi connectivity index (χ0v) is 11.0. The van der Waals surface area contributed by atoms with Crippen LogP contribution < -0.4 is 0 Å². The molecule has 0 N–H and O–H groups in total. The monoisotopic (exact) mass is 257 g/mol. The Balaban J connectivity index is 2.26. The number of hydrogen-bond acceptors (Lipinski definition) is 2. The van der Waals surface area contributed by atoms with Gasteiger partial charge in [-0.1, -0.05) is 18.2 Å². The molecule has 0 saturated heterocycles. The van der Waals surface area contributed by atoms with Crippen molar-refractivity contribution in [1.82, 2.24) is 4.98 Å². The minimum Gasteiger partial charge on any atom is -0.236 e. The molecule has 0 saturated carbocycles. The summed E-state index contributed by atoms with van der Waals surface area (Å²) in [4.78, 5) is 4.52. The minimum absolute atomic E-state index is 0.203. The molecule has 0 spiro atoms. The molecule has 3 rings (SSSR count). The maximum atomic E-state index is 13.9. The van der Waals surface area contributed by atoms with Crippen molar-refractivity contribution in [2.24, 2.45) is 0 Å². The molecule has 3 aromatic rings. The van der Waals surface area contributed by atoms with Crippen LogP contribution in [0.15, 0.2) is 36.4 Å². The third kappa shape index (κ3) is 1.81. The van der Waals surface area contributed by atoms with Gasteiger partial charge in [-0.2, -0.15) is 0 Å². The first-order chi connectivity index (χ1) is 8.65. The molecule has 0 aliphatic rings. The summed E-state index contributed by atoms with van der Waals surface area (Å²) in [5.74, 6) is -0.203. The maximum Gasteiger partial charge on any atom is 0.133 e. The Kier molecular flexibility index (Phi) is 2.63. The molecule has 0 radical (unpaired) electrons. The number of aryl methyl sites for hydroxylation is 2. The Hall–Kier alpha value is -1.74. The van der Waals surface area contributed by atoms with Crippen molar-refractivity contribution < 1.29 is 4.39 Å². The summed E-state index contributed by atoms with van der Waals surface area (Å²) in [6.07, 6.45) is 0. The van der Waals surface area contributed by atoms with Crippen molar-refractivity contribution in [2.45, 2.75) is 13.8 Å². The molecule has 1 heterocycles. The van der Waals surface area contributed by atoms with Gasteiger partial charge in [0, 0.05) is 5.56 Å². The first kappa shape index (κ1) is 11.4. The molecule has 0 atom stereocenters. The molecule has 1 nitrogen and oxygen atoms in total. The number of nitrogens with zero attached hydrogens (tertiary/aromatic N) is 1. The van der Waals surface area contributed by atoms with Crippen molar-refractivity contribution in [3.8, 4) is 10.6 Å². The highest BCUT2D eigenvalue weighted by molar-refractivity contribution is 7.21. The van der Waals surface area contributed by atoms with Crippen LogP contribution in [0.2, 0.25) is 0 Å². The lowest BCUT2D eigenvalue weighted by Crippen LogP contribution is -1.87. The molecule has 0 aliphatic carbocycles. The molecular formula is C15H12FNS. The van der Waals surface area contributed by atoms with E-state index in [9.17, 15) is 4.39 Å². The van der Waals surface area contributed by atoms with Gasteiger partial charge in [-0.3, -0.25) is 0 Å². The van der Waals surface area contributed by atoms with E-state index in [0.29, 0.717) is 5.56 Å². The van der Waals surface area contributed by atoms with Crippen LogP contribution in [-0.4, -0.2) is 4.98 Å². The van der Waals surface area contributed by atoms with Gasteiger partial charge < -0.3 is 0 Å². The summed E-state index contributed by atoms with van der Waals surface area (Å²) >= 11 is 1.54. The standard InChI is InChI=1S/C15H12FNS/c1-9-6-7-12-13(8-9)18-15(17-12)14-10(2)4-3-5-11(14)16/h3-8H,1-2H3. The molecule has 1 aromatic heterocycles. The molecule has 0 fully saturated rings. The largest absolute Gasteiger partial charge is 0.236 e. The summed E-state index contributed by atoms with van der Waals surface area (Å²) in [7, 11) is 0. The van der Waals surface area contributed by atoms with Gasteiger partial charge >= 0.3 is 0 Å². The van der Waals surface area contributed by atoms with E-state index in [1.165, 1.54) is 11.6 Å². The van der Waals surface area contributed by atoms with Crippen molar-refractivity contribution in [2.75, 3.05) is 0 Å². The van der Waals surface area contributed by atoms with Gasteiger partial charge in [0.25, 0.3) is 0 Å². The van der Waals surface area contributed by atoms with Crippen LogP contribution >= 0.6 is 11.3 Å². The first-order valence-corrected chi connectivity index (χ1v) is 6.59. The van der Waals surface area contributed by atoms with E-state index in [1.807, 2.05) is 32.0 Å². The molecule has 18 heavy (non-hydrogen) atoms. The van der Waals surface area contributed by atoms with E-state index in [0.717, 1.165) is 20.8 Å². The second-order valence-corrected chi connectivity index (χ2v) is 5.45. The summed E-state index contributed by atoms with van der Waals surface area (Å²) in [6, 6.07) is 11.2. The fourth-order valence-corrected chi connectivity index (χ4v) is 3.22. The molecule has 3 heteroatoms. The Bertz CT molecular complexity index is 710. The highest BCUT2D eigenvalue weighted by Crippen LogP contribution is 2.33. The van der Waals surface area contributed by atoms with Crippen LogP contribution in [0.1, 0.15) is 11.1 Å². The van der Waals surface area contributed by atoms with E-state index in [-0.39, 0.29) is 5.82 Å². The zero-order valence-electron chi connectivity index (χ0n) is 10.2. The second-order valence-electron chi connectivity index (χ2n) is 4.42. The number of rotatable bonds is 1. The average Bonchev–Trinajstić information content (AvgIpc) is 2.71. The fraction of sp³-hybridized carbons (Fsp3) is 0.133. The summed E-state index contributed by atoms with van der Waals surface area (Å²) in [5, 5.41) is 0.756. The highest BCUT2D eigenvalue weighted by atomic mass is 32.1. The van der Waals surface area contributed by atoms with Gasteiger partial charge in [-0.15, -0.1) is 11.3 Å². The first-order valence-electron chi connectivity index (χ1n) is 5.78. The SMILES string of the molecule is Cc1ccc2nc(-c3c(C)cccc3F)sc2c1. The van der Waals surface area contributed by atoms with Gasteiger partial charge in [0.05, 0.1) is 10.2 Å². The normalized spacial score (nSPS) is 11.1. The second kappa shape index (κ2) is 4.18. The number of halogens is 1. The van der Waals surface area contributed by atoms with E-state index >= 15 is 0 Å². The average molecular weight is 257 g/mol. The van der Waals surface area contributed by atoms with E-state index in [4.69, 9.17) is 0 Å². The molecule has 90 valence electrons. The molecule has 0 bridgehead atoms. The predicted molar refractivity (Wildman–Crippen MR) is 74.5 cm³/mol. The van der Waals surface area contributed by atoms with Gasteiger partial charge in [-0.05, 0) is 43.2 Å². The topological polar surface area (TPSA) is 12.9 Å². The van der Waals surface area contributed by atoms with Crippen LogP contribution in [0.3, 0.4) is 0 Å². The third-order valence-electron chi connectivity index (χ3n) is 2.98. The van der Waals surface area contributed by atoms with Crippen molar-refractivity contribution >= 4 is 21.6 Å². The summed E-state index contributed by atoms with van der Waals surface area (Å²) < 4.78 is 15.0.